The molecule has 26 heteroatoms. The number of nitrogens with one attached hydrogen (secondary N) is 10. The van der Waals surface area contributed by atoms with E-state index in [1.807, 2.05) is 97.0 Å². The van der Waals surface area contributed by atoms with Crippen LogP contribution in [0.4, 0.5) is 10.5 Å². The SMILES string of the molecule is CC(=O)[C@]1(C(=O)N[C@@H](CC(C)C)C(=O)NCC(=O)N[C@@H](CCc2ccccc2)C(=O)N[C@@H](Cc2ccc(OC(C)(C)C)cc2)C(=O)N[C@@H](CC(C)C)C(=O)Nc2ccccc2CC(=O)Oc2ccc(CCCCCCCC(=O)NCCNC(=O)[C@H](CCC(=O)O)NC(=O)OCc3ccccc3)cc2)CCCN1. The first-order valence-corrected chi connectivity index (χ1v) is 37.0. The molecule has 1 aliphatic heterocycles. The number of aliphatic carboxylic acids is 1. The molecule has 1 saturated heterocycles. The zero-order valence-corrected chi connectivity index (χ0v) is 62.9. The average molecular weight is 1480 g/mol. The molecule has 6 atom stereocenters. The molecule has 0 spiro atoms. The Morgan fingerprint density at radius 1 is 0.523 bits per heavy atom. The van der Waals surface area contributed by atoms with Crippen LogP contribution in [0.3, 0.4) is 0 Å². The van der Waals surface area contributed by atoms with Gasteiger partial charge >= 0.3 is 18.0 Å². The number of ether oxygens (including phenoxy) is 3. The number of anilines is 1. The Morgan fingerprint density at radius 2 is 1.08 bits per heavy atom. The Balaban J connectivity index is 1.01. The van der Waals surface area contributed by atoms with Gasteiger partial charge in [-0.3, -0.25) is 58.1 Å². The molecule has 107 heavy (non-hydrogen) atoms. The predicted molar refractivity (Wildman–Crippen MR) is 404 cm³/mol. The van der Waals surface area contributed by atoms with Gasteiger partial charge < -0.3 is 67.2 Å². The number of Topliss-reactive ketones (excluding diaryl/α,β-unsaturated/α-hetero) is 1. The Kier molecular flexibility index (Phi) is 35.0. The third-order valence-electron chi connectivity index (χ3n) is 17.7. The van der Waals surface area contributed by atoms with Gasteiger partial charge in [-0.05, 0) is 168 Å². The normalized spacial score (nSPS) is 14.7. The van der Waals surface area contributed by atoms with Gasteiger partial charge in [0.25, 0.3) is 0 Å². The molecule has 6 rings (SSSR count). The number of unbranched alkanes of at least 4 members (excludes halogenated alkanes) is 4. The number of amides is 9. The molecule has 0 saturated carbocycles. The van der Waals surface area contributed by atoms with Gasteiger partial charge in [-0.2, -0.15) is 0 Å². The second-order valence-electron chi connectivity index (χ2n) is 28.9. The van der Waals surface area contributed by atoms with E-state index < -0.39 is 107 Å². The topological polar surface area (TPSA) is 373 Å². The first kappa shape index (κ1) is 85.4. The van der Waals surface area contributed by atoms with Crippen molar-refractivity contribution in [3.63, 3.8) is 0 Å². The maximum atomic E-state index is 14.9. The smallest absolute Gasteiger partial charge is 0.408 e. The Bertz CT molecular complexity index is 3750. The summed E-state index contributed by atoms with van der Waals surface area (Å²) in [4.78, 5) is 161. The predicted octanol–water partition coefficient (Wildman–Crippen LogP) is 7.96. The molecule has 1 aliphatic rings. The molecular weight excluding hydrogens is 1370 g/mol. The number of carboxylic acid groups (broad SMARTS) is 1. The summed E-state index contributed by atoms with van der Waals surface area (Å²) >= 11 is 0. The number of para-hydroxylation sites is 1. The van der Waals surface area contributed by atoms with Crippen molar-refractivity contribution in [3.8, 4) is 11.5 Å². The second-order valence-corrected chi connectivity index (χ2v) is 28.9. The van der Waals surface area contributed by atoms with Crippen LogP contribution in [0.1, 0.15) is 167 Å². The highest BCUT2D eigenvalue weighted by atomic mass is 16.5. The van der Waals surface area contributed by atoms with Gasteiger partial charge in [-0.15, -0.1) is 0 Å². The van der Waals surface area contributed by atoms with Gasteiger partial charge in [0.15, 0.2) is 11.3 Å². The number of hydrogen-bond acceptors (Lipinski definition) is 16. The molecule has 0 unspecified atom stereocenters. The molecule has 1 heterocycles. The lowest BCUT2D eigenvalue weighted by molar-refractivity contribution is -0.139. The number of ketones is 1. The molecule has 9 amide bonds. The van der Waals surface area contributed by atoms with E-state index in [1.165, 1.54) is 6.92 Å². The summed E-state index contributed by atoms with van der Waals surface area (Å²) in [6.07, 6.45) is 5.30. The van der Waals surface area contributed by atoms with Gasteiger partial charge in [0, 0.05) is 38.0 Å². The standard InChI is InChI=1S/C81H108N10O16/c1-53(2)47-66(90-78(103)81(55(5)92)43-22-44-85-81)74(99)84-51-70(94)86-65(40-35-56-23-15-12-16-24-56)75(100)89-68(49-58-33-38-62(39-34-58)107-80(6,7)8)77(102)88-67(48-54(3)4)76(101)87-63-29-21-20-28-60(63)50-72(97)106-61-36-31-57(32-37-61)25-14-10-9-11-19-30-69(93)82-45-46-83-73(98)64(41-42-71(95)96)91-79(104)105-52-59-26-17-13-18-27-59/h12-13,15-18,20-21,23-24,26-29,31-34,36-39,53-54,64-68,85H,9-11,14,19,22,25,30,35,40-52H2,1-8H3,(H,82,93)(H,83,98)(H,84,99)(H,86,94)(H,87,101)(H,88,102)(H,89,100)(H,90,103)(H,91,104)(H,95,96)/t64-,65-,66-,67-,68-,81-/m0/s1. The summed E-state index contributed by atoms with van der Waals surface area (Å²) in [5, 5.41) is 36.8. The summed E-state index contributed by atoms with van der Waals surface area (Å²) in [7, 11) is 0. The number of carboxylic acids is 1. The van der Waals surface area contributed by atoms with Crippen molar-refractivity contribution in [2.75, 3.05) is 31.5 Å². The van der Waals surface area contributed by atoms with E-state index in [0.29, 0.717) is 60.5 Å². The van der Waals surface area contributed by atoms with Crippen LogP contribution in [-0.2, 0) is 89.8 Å². The summed E-state index contributed by atoms with van der Waals surface area (Å²) < 4.78 is 17.0. The number of esters is 1. The summed E-state index contributed by atoms with van der Waals surface area (Å²) in [5.41, 5.74) is 2.06. The first-order chi connectivity index (χ1) is 51.0. The maximum Gasteiger partial charge on any atom is 0.408 e. The molecule has 578 valence electrons. The van der Waals surface area contributed by atoms with Crippen LogP contribution in [-0.4, -0.2) is 144 Å². The van der Waals surface area contributed by atoms with Crippen LogP contribution in [0.25, 0.3) is 0 Å². The van der Waals surface area contributed by atoms with E-state index in [2.05, 4.69) is 53.2 Å². The first-order valence-electron chi connectivity index (χ1n) is 37.0. The second kappa shape index (κ2) is 43.8. The zero-order valence-electron chi connectivity index (χ0n) is 62.9. The number of rotatable bonds is 44. The van der Waals surface area contributed by atoms with E-state index in [4.69, 9.17) is 19.3 Å². The minimum atomic E-state index is -1.47. The summed E-state index contributed by atoms with van der Waals surface area (Å²) in [6.45, 7) is 14.6. The van der Waals surface area contributed by atoms with Gasteiger partial charge in [-0.1, -0.05) is 150 Å². The number of carbonyl (C=O) groups excluding carboxylic acids is 11. The highest BCUT2D eigenvalue weighted by molar-refractivity contribution is 6.11. The number of hydrogen-bond donors (Lipinski definition) is 11. The van der Waals surface area contributed by atoms with Crippen LogP contribution in [0.5, 0.6) is 11.5 Å². The molecular formula is C81H108N10O16. The molecule has 26 nitrogen and oxygen atoms in total. The van der Waals surface area contributed by atoms with E-state index >= 15 is 0 Å². The molecule has 5 aromatic carbocycles. The van der Waals surface area contributed by atoms with E-state index in [1.54, 1.807) is 84.9 Å². The van der Waals surface area contributed by atoms with Crippen LogP contribution in [0.2, 0.25) is 0 Å². The summed E-state index contributed by atoms with van der Waals surface area (Å²) in [6, 6.07) is 33.3. The van der Waals surface area contributed by atoms with Crippen molar-refractivity contribution in [1.29, 1.82) is 0 Å². The van der Waals surface area contributed by atoms with Gasteiger partial charge in [0.2, 0.25) is 47.3 Å². The van der Waals surface area contributed by atoms with E-state index in [-0.39, 0.29) is 94.6 Å². The Morgan fingerprint density at radius 3 is 1.72 bits per heavy atom. The quantitative estimate of drug-likeness (QED) is 0.00762. The summed E-state index contributed by atoms with van der Waals surface area (Å²) in [5.74, 6) is -6.17. The van der Waals surface area contributed by atoms with E-state index in [9.17, 15) is 57.5 Å². The molecule has 5 aromatic rings. The Labute approximate surface area is 627 Å². The number of benzene rings is 5. The van der Waals surface area contributed by atoms with E-state index in [0.717, 1.165) is 48.8 Å². The number of alkyl carbamates (subject to hydrolysis) is 1. The van der Waals surface area contributed by atoms with Crippen molar-refractivity contribution in [1.82, 2.24) is 47.9 Å². The highest BCUT2D eigenvalue weighted by Crippen LogP contribution is 2.25. The van der Waals surface area contributed by atoms with Crippen molar-refractivity contribution >= 4 is 76.8 Å². The largest absolute Gasteiger partial charge is 0.488 e. The minimum absolute atomic E-state index is 0.0277. The van der Waals surface area contributed by atoms with Crippen LogP contribution in [0, 0.1) is 11.8 Å². The van der Waals surface area contributed by atoms with Crippen molar-refractivity contribution < 1.29 is 76.9 Å². The Hall–Kier alpha value is -10.5. The van der Waals surface area contributed by atoms with Gasteiger partial charge in [-0.25, -0.2) is 4.79 Å². The molecule has 11 N–H and O–H groups in total. The molecule has 0 bridgehead atoms. The van der Waals surface area contributed by atoms with Crippen molar-refractivity contribution in [2.24, 2.45) is 11.8 Å². The fourth-order valence-corrected chi connectivity index (χ4v) is 12.1. The van der Waals surface area contributed by atoms with Crippen LogP contribution < -0.4 is 62.6 Å². The molecule has 1 fully saturated rings. The minimum Gasteiger partial charge on any atom is -0.488 e. The molecule has 0 aromatic heterocycles. The third-order valence-corrected chi connectivity index (χ3v) is 17.7. The number of aryl methyl sites for hydroxylation is 2. The third kappa shape index (κ3) is 31.2. The number of carbonyl (C=O) groups is 12. The van der Waals surface area contributed by atoms with Gasteiger partial charge in [0.1, 0.15) is 53.9 Å². The highest BCUT2D eigenvalue weighted by Gasteiger charge is 2.46. The van der Waals surface area contributed by atoms with Crippen LogP contribution >= 0.6 is 0 Å². The lowest BCUT2D eigenvalue weighted by atomic mass is 9.91. The average Bonchev–Trinajstić information content (AvgIpc) is 1.73. The van der Waals surface area contributed by atoms with Gasteiger partial charge in [0.05, 0.1) is 13.0 Å². The zero-order chi connectivity index (χ0) is 77.9. The lowest BCUT2D eigenvalue weighted by Gasteiger charge is -2.29. The fourth-order valence-electron chi connectivity index (χ4n) is 12.1. The van der Waals surface area contributed by atoms with Crippen molar-refractivity contribution in [3.05, 3.63) is 161 Å². The van der Waals surface area contributed by atoms with Crippen molar-refractivity contribution in [2.45, 2.75) is 212 Å². The molecule has 0 aliphatic carbocycles. The monoisotopic (exact) mass is 1480 g/mol. The lowest BCUT2D eigenvalue weighted by Crippen LogP contribution is -2.62. The van der Waals surface area contributed by atoms with Crippen LogP contribution in [0.15, 0.2) is 133 Å². The molecule has 0 radical (unpaired) electrons. The fraction of sp³-hybridized carbons (Fsp3) is 0.481. The maximum absolute atomic E-state index is 14.9.